The van der Waals surface area contributed by atoms with E-state index in [1.165, 1.54) is 0 Å². The van der Waals surface area contributed by atoms with Crippen LogP contribution in [0, 0.1) is 0 Å². The van der Waals surface area contributed by atoms with Crippen molar-refractivity contribution < 1.29 is 4.57 Å². The molecule has 0 saturated carbocycles. The number of hydrogen-bond acceptors (Lipinski definition) is 2. The molecule has 1 aliphatic heterocycles. The molecule has 3 nitrogen and oxygen atoms in total. The van der Waals surface area contributed by atoms with Gasteiger partial charge in [-0.05, 0) is 39.0 Å². The summed E-state index contributed by atoms with van der Waals surface area (Å²) in [5, 5.41) is 6.26. The van der Waals surface area contributed by atoms with E-state index in [9.17, 15) is 0 Å². The fourth-order valence-corrected chi connectivity index (χ4v) is 1.72. The van der Waals surface area contributed by atoms with Gasteiger partial charge in [-0.3, -0.25) is 0 Å². The average molecular weight is 228 g/mol. The van der Waals surface area contributed by atoms with Gasteiger partial charge in [0.1, 0.15) is 11.7 Å². The molecule has 0 spiro atoms. The van der Waals surface area contributed by atoms with Crippen molar-refractivity contribution in [1.29, 1.82) is 0 Å². The van der Waals surface area contributed by atoms with Gasteiger partial charge in [-0.2, -0.15) is 0 Å². The lowest BCUT2D eigenvalue weighted by Gasteiger charge is -2.21. The smallest absolute Gasteiger partial charge is 0.228 e. The van der Waals surface area contributed by atoms with Crippen LogP contribution in [0.5, 0.6) is 0 Å². The standard InChI is InChI=1S/C14H18N3/c1-14(2,3)16-11-8-5-9-13(16)17-12-7-4-6-10-15-17/h4-12H,1-3H3/q+1. The highest BCUT2D eigenvalue weighted by molar-refractivity contribution is 5.73. The zero-order valence-corrected chi connectivity index (χ0v) is 10.5. The molecular weight excluding hydrogens is 210 g/mol. The van der Waals surface area contributed by atoms with Gasteiger partial charge in [0, 0.05) is 6.07 Å². The fourth-order valence-electron chi connectivity index (χ4n) is 1.72. The highest BCUT2D eigenvalue weighted by Crippen LogP contribution is 2.15. The van der Waals surface area contributed by atoms with Crippen LogP contribution in [0.25, 0.3) is 0 Å². The number of pyridine rings is 1. The van der Waals surface area contributed by atoms with Crippen molar-refractivity contribution in [3.8, 4) is 0 Å². The van der Waals surface area contributed by atoms with Crippen LogP contribution in [0.1, 0.15) is 20.8 Å². The molecule has 3 heteroatoms. The predicted molar refractivity (Wildman–Crippen MR) is 70.9 cm³/mol. The van der Waals surface area contributed by atoms with E-state index in [4.69, 9.17) is 0 Å². The van der Waals surface area contributed by atoms with E-state index in [-0.39, 0.29) is 5.54 Å². The molecule has 0 fully saturated rings. The molecule has 17 heavy (non-hydrogen) atoms. The minimum Gasteiger partial charge on any atom is -0.228 e. The summed E-state index contributed by atoms with van der Waals surface area (Å²) in [5.41, 5.74) is 0.0275. The fraction of sp³-hybridized carbons (Fsp3) is 0.286. The number of aromatic nitrogens is 1. The maximum Gasteiger partial charge on any atom is 0.307 e. The van der Waals surface area contributed by atoms with Gasteiger partial charge in [-0.1, -0.05) is 17.2 Å². The zero-order chi connectivity index (χ0) is 12.3. The number of anilines is 1. The van der Waals surface area contributed by atoms with Crippen molar-refractivity contribution >= 4 is 12.0 Å². The second-order valence-corrected chi connectivity index (χ2v) is 4.94. The first kappa shape index (κ1) is 11.6. The number of nitrogens with zero attached hydrogens (tertiary/aromatic N) is 3. The van der Waals surface area contributed by atoms with Crippen LogP contribution in [0.2, 0.25) is 0 Å². The van der Waals surface area contributed by atoms with Crippen LogP contribution in [0.15, 0.2) is 53.9 Å². The molecule has 0 aliphatic carbocycles. The third kappa shape index (κ3) is 2.61. The summed E-state index contributed by atoms with van der Waals surface area (Å²) < 4.78 is 2.21. The van der Waals surface area contributed by atoms with Gasteiger partial charge in [0.2, 0.25) is 0 Å². The zero-order valence-electron chi connectivity index (χ0n) is 10.5. The normalized spacial score (nSPS) is 15.1. The summed E-state index contributed by atoms with van der Waals surface area (Å²) in [6.45, 7) is 6.54. The molecule has 0 N–H and O–H groups in total. The summed E-state index contributed by atoms with van der Waals surface area (Å²) in [6.07, 6.45) is 11.7. The van der Waals surface area contributed by atoms with Gasteiger partial charge >= 0.3 is 5.82 Å². The molecule has 1 aromatic heterocycles. The van der Waals surface area contributed by atoms with Gasteiger partial charge in [-0.15, -0.1) is 5.01 Å². The topological polar surface area (TPSA) is 19.5 Å². The Morgan fingerprint density at radius 2 is 1.94 bits per heavy atom. The van der Waals surface area contributed by atoms with Crippen molar-refractivity contribution in [3.05, 3.63) is 48.8 Å². The van der Waals surface area contributed by atoms with Gasteiger partial charge in [0.05, 0.1) is 12.4 Å². The molecule has 88 valence electrons. The van der Waals surface area contributed by atoms with Gasteiger partial charge in [-0.25, -0.2) is 4.57 Å². The Morgan fingerprint density at radius 1 is 1.12 bits per heavy atom. The summed E-state index contributed by atoms with van der Waals surface area (Å²) in [7, 11) is 0. The minimum absolute atomic E-state index is 0.0275. The Kier molecular flexibility index (Phi) is 3.09. The van der Waals surface area contributed by atoms with Crippen LogP contribution in [0.4, 0.5) is 5.82 Å². The molecular formula is C14H18N3+. The monoisotopic (exact) mass is 228 g/mol. The summed E-state index contributed by atoms with van der Waals surface area (Å²) in [5.74, 6) is 1.05. The summed E-state index contributed by atoms with van der Waals surface area (Å²) >= 11 is 0. The molecule has 0 saturated heterocycles. The van der Waals surface area contributed by atoms with E-state index >= 15 is 0 Å². The van der Waals surface area contributed by atoms with Gasteiger partial charge in [0.25, 0.3) is 0 Å². The minimum atomic E-state index is 0.0275. The predicted octanol–water partition coefficient (Wildman–Crippen LogP) is 2.60. The van der Waals surface area contributed by atoms with Crippen molar-refractivity contribution in [3.63, 3.8) is 0 Å². The van der Waals surface area contributed by atoms with E-state index in [0.29, 0.717) is 0 Å². The molecule has 0 atom stereocenters. The van der Waals surface area contributed by atoms with Crippen LogP contribution >= 0.6 is 0 Å². The number of rotatable bonds is 1. The molecule has 0 radical (unpaired) electrons. The van der Waals surface area contributed by atoms with Crippen molar-refractivity contribution in [2.45, 2.75) is 26.3 Å². The first-order valence-electron chi connectivity index (χ1n) is 5.77. The highest BCUT2D eigenvalue weighted by atomic mass is 15.5. The molecule has 0 bridgehead atoms. The van der Waals surface area contributed by atoms with Crippen LogP contribution in [-0.4, -0.2) is 6.21 Å². The molecule has 0 unspecified atom stereocenters. The van der Waals surface area contributed by atoms with Crippen molar-refractivity contribution in [2.75, 3.05) is 5.01 Å². The lowest BCUT2D eigenvalue weighted by atomic mass is 10.1. The molecule has 2 heterocycles. The Bertz CT molecular complexity index is 462. The number of hydrazone groups is 1. The third-order valence-corrected chi connectivity index (χ3v) is 2.52. The van der Waals surface area contributed by atoms with E-state index < -0.39 is 0 Å². The maximum atomic E-state index is 4.38. The second kappa shape index (κ2) is 4.53. The number of allylic oxidation sites excluding steroid dienone is 3. The van der Waals surface area contributed by atoms with Gasteiger partial charge in [0.15, 0.2) is 0 Å². The Morgan fingerprint density at radius 3 is 2.71 bits per heavy atom. The summed E-state index contributed by atoms with van der Waals surface area (Å²) in [6, 6.07) is 6.13. The van der Waals surface area contributed by atoms with E-state index in [1.807, 2.05) is 41.6 Å². The van der Waals surface area contributed by atoms with E-state index in [0.717, 1.165) is 5.82 Å². The molecule has 0 aromatic carbocycles. The van der Waals surface area contributed by atoms with E-state index in [2.05, 4.69) is 42.7 Å². The maximum absolute atomic E-state index is 4.38. The molecule has 1 aliphatic rings. The quantitative estimate of drug-likeness (QED) is 0.676. The second-order valence-electron chi connectivity index (χ2n) is 4.94. The molecule has 0 amide bonds. The highest BCUT2D eigenvalue weighted by Gasteiger charge is 2.25. The Hall–Kier alpha value is -1.90. The Labute approximate surface area is 102 Å². The van der Waals surface area contributed by atoms with Crippen molar-refractivity contribution in [1.82, 2.24) is 0 Å². The van der Waals surface area contributed by atoms with Crippen LogP contribution < -0.4 is 9.58 Å². The molecule has 2 rings (SSSR count). The average Bonchev–Trinajstić information content (AvgIpc) is 2.56. The summed E-state index contributed by atoms with van der Waals surface area (Å²) in [4.78, 5) is 0. The number of hydrogen-bond donors (Lipinski definition) is 0. The lowest BCUT2D eigenvalue weighted by molar-refractivity contribution is -0.742. The Balaban J connectivity index is 2.45. The SMILES string of the molecule is CC(C)(C)[n+]1ccccc1N1C=CC=CC=N1. The van der Waals surface area contributed by atoms with Gasteiger partial charge < -0.3 is 0 Å². The van der Waals surface area contributed by atoms with Crippen LogP contribution in [0.3, 0.4) is 0 Å². The van der Waals surface area contributed by atoms with Crippen molar-refractivity contribution in [2.24, 2.45) is 5.10 Å². The molecule has 1 aromatic rings. The van der Waals surface area contributed by atoms with E-state index in [1.54, 1.807) is 6.21 Å². The lowest BCUT2D eigenvalue weighted by Crippen LogP contribution is -2.52. The largest absolute Gasteiger partial charge is 0.307 e. The first-order chi connectivity index (χ1) is 8.09. The third-order valence-electron chi connectivity index (χ3n) is 2.52. The first-order valence-corrected chi connectivity index (χ1v) is 5.77. The van der Waals surface area contributed by atoms with Crippen LogP contribution in [-0.2, 0) is 5.54 Å².